The van der Waals surface area contributed by atoms with Crippen LogP contribution in [0.5, 0.6) is 0 Å². The summed E-state index contributed by atoms with van der Waals surface area (Å²) in [6.07, 6.45) is 1.24. The van der Waals surface area contributed by atoms with Gasteiger partial charge in [0.15, 0.2) is 5.78 Å². The van der Waals surface area contributed by atoms with E-state index in [0.717, 1.165) is 12.0 Å². The van der Waals surface area contributed by atoms with Crippen LogP contribution >= 0.6 is 15.9 Å². The average molecular weight is 321 g/mol. The first-order chi connectivity index (χ1) is 9.10. The molecule has 0 heterocycles. The van der Waals surface area contributed by atoms with Crippen LogP contribution in [0.3, 0.4) is 0 Å². The number of hydrogen-bond donors (Lipinski definition) is 0. The molecule has 2 rings (SSSR count). The maximum atomic E-state index is 13.1. The van der Waals surface area contributed by atoms with E-state index in [1.165, 1.54) is 11.6 Å². The van der Waals surface area contributed by atoms with Gasteiger partial charge in [-0.25, -0.2) is 4.39 Å². The maximum Gasteiger partial charge on any atom is 0.167 e. The van der Waals surface area contributed by atoms with E-state index in [2.05, 4.69) is 22.9 Å². The number of benzene rings is 2. The number of carbonyl (C=O) groups excluding carboxylic acids is 1. The first-order valence-electron chi connectivity index (χ1n) is 6.16. The highest BCUT2D eigenvalue weighted by Crippen LogP contribution is 2.18. The summed E-state index contributed by atoms with van der Waals surface area (Å²) < 4.78 is 13.5. The first-order valence-corrected chi connectivity index (χ1v) is 6.95. The molecule has 0 bridgehead atoms. The molecule has 0 fully saturated rings. The Kier molecular flexibility index (Phi) is 4.48. The van der Waals surface area contributed by atoms with Gasteiger partial charge in [0.1, 0.15) is 5.82 Å². The van der Waals surface area contributed by atoms with Gasteiger partial charge in [0.05, 0.1) is 4.47 Å². The monoisotopic (exact) mass is 320 g/mol. The van der Waals surface area contributed by atoms with Crippen LogP contribution in [0.25, 0.3) is 0 Å². The third-order valence-electron chi connectivity index (χ3n) is 3.03. The second-order valence-corrected chi connectivity index (χ2v) is 5.25. The van der Waals surface area contributed by atoms with Crippen LogP contribution in [0, 0.1) is 5.82 Å². The fourth-order valence-corrected chi connectivity index (χ4v) is 2.29. The van der Waals surface area contributed by atoms with Crippen LogP contribution in [0.4, 0.5) is 4.39 Å². The van der Waals surface area contributed by atoms with Crippen molar-refractivity contribution in [3.8, 4) is 0 Å². The summed E-state index contributed by atoms with van der Waals surface area (Å²) in [6.45, 7) is 2.08. The first kappa shape index (κ1) is 13.9. The summed E-state index contributed by atoms with van der Waals surface area (Å²) in [5.74, 6) is -0.273. The molecule has 0 aliphatic rings. The van der Waals surface area contributed by atoms with Crippen molar-refractivity contribution >= 4 is 21.7 Å². The van der Waals surface area contributed by atoms with Crippen LogP contribution in [-0.2, 0) is 12.8 Å². The molecule has 19 heavy (non-hydrogen) atoms. The fourth-order valence-electron chi connectivity index (χ4n) is 1.86. The van der Waals surface area contributed by atoms with Crippen LogP contribution in [-0.4, -0.2) is 5.78 Å². The third-order valence-corrected chi connectivity index (χ3v) is 3.64. The normalized spacial score (nSPS) is 10.5. The molecule has 0 amide bonds. The molecule has 3 heteroatoms. The van der Waals surface area contributed by atoms with Crippen molar-refractivity contribution in [2.75, 3.05) is 0 Å². The number of rotatable bonds is 4. The highest BCUT2D eigenvalue weighted by atomic mass is 79.9. The van der Waals surface area contributed by atoms with Crippen molar-refractivity contribution in [2.24, 2.45) is 0 Å². The van der Waals surface area contributed by atoms with Crippen molar-refractivity contribution in [1.29, 1.82) is 0 Å². The molecule has 2 aromatic carbocycles. The zero-order chi connectivity index (χ0) is 13.8. The second-order valence-electron chi connectivity index (χ2n) is 4.40. The van der Waals surface area contributed by atoms with Gasteiger partial charge in [-0.15, -0.1) is 0 Å². The predicted octanol–water partition coefficient (Wildman–Crippen LogP) is 4.58. The molecular weight excluding hydrogens is 307 g/mol. The molecule has 0 saturated carbocycles. The Morgan fingerprint density at radius 2 is 1.74 bits per heavy atom. The molecule has 0 aliphatic carbocycles. The van der Waals surface area contributed by atoms with E-state index in [0.29, 0.717) is 10.0 Å². The number of Topliss-reactive ketones (excluding diaryl/α,β-unsaturated/α-hetero) is 1. The summed E-state index contributed by atoms with van der Waals surface area (Å²) in [5, 5.41) is 0. The van der Waals surface area contributed by atoms with Crippen molar-refractivity contribution in [3.63, 3.8) is 0 Å². The highest BCUT2D eigenvalue weighted by molar-refractivity contribution is 9.10. The molecule has 0 atom stereocenters. The van der Waals surface area contributed by atoms with E-state index < -0.39 is 0 Å². The molecule has 0 radical (unpaired) electrons. The summed E-state index contributed by atoms with van der Waals surface area (Å²) in [6, 6.07) is 12.3. The quantitative estimate of drug-likeness (QED) is 0.754. The van der Waals surface area contributed by atoms with Crippen LogP contribution in [0.1, 0.15) is 28.4 Å². The Bertz CT molecular complexity index is 590. The molecule has 0 spiro atoms. The Hall–Kier alpha value is -1.48. The molecule has 0 saturated heterocycles. The smallest absolute Gasteiger partial charge is 0.167 e. The number of carbonyl (C=O) groups is 1. The van der Waals surface area contributed by atoms with Crippen LogP contribution < -0.4 is 0 Å². The minimum absolute atomic E-state index is 0.0427. The zero-order valence-corrected chi connectivity index (χ0v) is 12.2. The predicted molar refractivity (Wildman–Crippen MR) is 78.0 cm³/mol. The lowest BCUT2D eigenvalue weighted by Crippen LogP contribution is -2.03. The third kappa shape index (κ3) is 3.51. The van der Waals surface area contributed by atoms with Crippen molar-refractivity contribution in [3.05, 3.63) is 69.4 Å². The molecule has 1 nitrogen and oxygen atoms in total. The van der Waals surface area contributed by atoms with E-state index in [1.54, 1.807) is 12.1 Å². The summed E-state index contributed by atoms with van der Waals surface area (Å²) in [5.41, 5.74) is 2.71. The second kappa shape index (κ2) is 6.11. The van der Waals surface area contributed by atoms with E-state index >= 15 is 0 Å². The lowest BCUT2D eigenvalue weighted by atomic mass is 10.0. The number of ketones is 1. The standard InChI is InChI=1S/C16H14BrFO/c1-2-11-3-6-13(7-4-11)16(19)10-12-5-8-15(18)14(17)9-12/h3-9H,2,10H2,1H3. The van der Waals surface area contributed by atoms with Gasteiger partial charge in [-0.3, -0.25) is 4.79 Å². The number of halogens is 2. The molecular formula is C16H14BrFO. The van der Waals surface area contributed by atoms with Crippen LogP contribution in [0.2, 0.25) is 0 Å². The van der Waals surface area contributed by atoms with Gasteiger partial charge in [-0.1, -0.05) is 37.3 Å². The summed E-state index contributed by atoms with van der Waals surface area (Å²) in [7, 11) is 0. The van der Waals surface area contributed by atoms with E-state index in [4.69, 9.17) is 0 Å². The molecule has 2 aromatic rings. The summed E-state index contributed by atoms with van der Waals surface area (Å²) in [4.78, 5) is 12.1. The lowest BCUT2D eigenvalue weighted by molar-refractivity contribution is 0.0993. The topological polar surface area (TPSA) is 17.1 Å². The minimum atomic E-state index is -0.316. The van der Waals surface area contributed by atoms with Crippen molar-refractivity contribution in [2.45, 2.75) is 19.8 Å². The fraction of sp³-hybridized carbons (Fsp3) is 0.188. The molecule has 0 aliphatic heterocycles. The van der Waals surface area contributed by atoms with E-state index in [1.807, 2.05) is 24.3 Å². The molecule has 0 N–H and O–H groups in total. The average Bonchev–Trinajstić information content (AvgIpc) is 2.43. The van der Waals surface area contributed by atoms with Crippen LogP contribution in [0.15, 0.2) is 46.9 Å². The van der Waals surface area contributed by atoms with Crippen molar-refractivity contribution < 1.29 is 9.18 Å². The summed E-state index contributed by atoms with van der Waals surface area (Å²) >= 11 is 3.12. The largest absolute Gasteiger partial charge is 0.294 e. The van der Waals surface area contributed by atoms with Gasteiger partial charge in [-0.2, -0.15) is 0 Å². The van der Waals surface area contributed by atoms with Gasteiger partial charge < -0.3 is 0 Å². The van der Waals surface area contributed by atoms with E-state index in [9.17, 15) is 9.18 Å². The maximum absolute atomic E-state index is 13.1. The van der Waals surface area contributed by atoms with Gasteiger partial charge in [0.2, 0.25) is 0 Å². The highest BCUT2D eigenvalue weighted by Gasteiger charge is 2.08. The number of aryl methyl sites for hydroxylation is 1. The lowest BCUT2D eigenvalue weighted by Gasteiger charge is -2.04. The number of hydrogen-bond acceptors (Lipinski definition) is 1. The SMILES string of the molecule is CCc1ccc(C(=O)Cc2ccc(F)c(Br)c2)cc1. The molecule has 98 valence electrons. The van der Waals surface area contributed by atoms with Crippen molar-refractivity contribution in [1.82, 2.24) is 0 Å². The zero-order valence-electron chi connectivity index (χ0n) is 10.6. The molecule has 0 aromatic heterocycles. The Morgan fingerprint density at radius 1 is 1.11 bits per heavy atom. The van der Waals surface area contributed by atoms with E-state index in [-0.39, 0.29) is 18.0 Å². The van der Waals surface area contributed by atoms with Gasteiger partial charge in [0, 0.05) is 12.0 Å². The van der Waals surface area contributed by atoms with Gasteiger partial charge >= 0.3 is 0 Å². The van der Waals surface area contributed by atoms with Gasteiger partial charge in [-0.05, 0) is 45.6 Å². The molecule has 0 unspecified atom stereocenters. The Labute approximate surface area is 120 Å². The minimum Gasteiger partial charge on any atom is -0.294 e. The Morgan fingerprint density at radius 3 is 2.32 bits per heavy atom. The van der Waals surface area contributed by atoms with Gasteiger partial charge in [0.25, 0.3) is 0 Å². The Balaban J connectivity index is 2.13.